The average molecular weight is 484 g/mol. The van der Waals surface area contributed by atoms with Crippen LogP contribution in [-0.4, -0.2) is 73.3 Å². The average Bonchev–Trinajstić information content (AvgIpc) is 2.61. The Morgan fingerprint density at radius 1 is 1.28 bits per heavy atom. The molecule has 0 bridgehead atoms. The smallest absolute Gasteiger partial charge is 0.191 e. The van der Waals surface area contributed by atoms with Crippen LogP contribution in [0.4, 0.5) is 0 Å². The summed E-state index contributed by atoms with van der Waals surface area (Å²) in [4.78, 5) is 7.50. The molecule has 2 heterocycles. The maximum atomic E-state index is 5.53. The third-order valence-corrected chi connectivity index (χ3v) is 6.71. The molecule has 2 aliphatic heterocycles. The predicted molar refractivity (Wildman–Crippen MR) is 121 cm³/mol. The SMILES string of the molecule is CCNC(=NCC1(SC)CCOCC1)NC1CCN(C(C)C)CC1.I. The molecule has 2 saturated heterocycles. The molecular weight excluding hydrogens is 447 g/mol. The fourth-order valence-corrected chi connectivity index (χ4v) is 4.24. The minimum atomic E-state index is 0. The summed E-state index contributed by atoms with van der Waals surface area (Å²) in [6, 6.07) is 1.19. The van der Waals surface area contributed by atoms with Crippen LogP contribution >= 0.6 is 35.7 Å². The van der Waals surface area contributed by atoms with E-state index >= 15 is 0 Å². The summed E-state index contributed by atoms with van der Waals surface area (Å²) >= 11 is 1.95. The molecule has 0 saturated carbocycles. The zero-order valence-corrected chi connectivity index (χ0v) is 19.5. The number of guanidine groups is 1. The Hall–Kier alpha value is 0.270. The molecule has 2 fully saturated rings. The molecule has 0 aromatic carbocycles. The van der Waals surface area contributed by atoms with Gasteiger partial charge in [0.05, 0.1) is 6.54 Å². The van der Waals surface area contributed by atoms with E-state index in [1.54, 1.807) is 0 Å². The van der Waals surface area contributed by atoms with Crippen molar-refractivity contribution in [2.24, 2.45) is 4.99 Å². The van der Waals surface area contributed by atoms with Gasteiger partial charge >= 0.3 is 0 Å². The van der Waals surface area contributed by atoms with Gasteiger partial charge in [0.15, 0.2) is 5.96 Å². The van der Waals surface area contributed by atoms with Crippen molar-refractivity contribution >= 4 is 41.7 Å². The lowest BCUT2D eigenvalue weighted by molar-refractivity contribution is 0.0794. The number of halogens is 1. The topological polar surface area (TPSA) is 48.9 Å². The van der Waals surface area contributed by atoms with Crippen molar-refractivity contribution < 1.29 is 4.74 Å². The van der Waals surface area contributed by atoms with E-state index in [1.807, 2.05) is 11.8 Å². The van der Waals surface area contributed by atoms with Gasteiger partial charge in [0.25, 0.3) is 0 Å². The van der Waals surface area contributed by atoms with Crippen LogP contribution in [-0.2, 0) is 4.74 Å². The normalized spacial score (nSPS) is 22.5. The number of ether oxygens (including phenoxy) is 1. The van der Waals surface area contributed by atoms with E-state index in [9.17, 15) is 0 Å². The number of piperidine rings is 1. The first kappa shape index (κ1) is 23.3. The first-order valence-corrected chi connectivity index (χ1v) is 10.7. The Labute approximate surface area is 175 Å². The number of hydrogen-bond acceptors (Lipinski definition) is 4. The molecule has 0 amide bonds. The second kappa shape index (κ2) is 11.9. The third-order valence-electron chi connectivity index (χ3n) is 5.31. The van der Waals surface area contributed by atoms with Crippen LogP contribution in [0.15, 0.2) is 4.99 Å². The Balaban J connectivity index is 0.00000312. The molecule has 0 aliphatic carbocycles. The zero-order chi connectivity index (χ0) is 17.4. The van der Waals surface area contributed by atoms with Crippen LogP contribution in [0.5, 0.6) is 0 Å². The van der Waals surface area contributed by atoms with Gasteiger partial charge in [-0.1, -0.05) is 0 Å². The van der Waals surface area contributed by atoms with Crippen molar-refractivity contribution in [2.45, 2.75) is 63.3 Å². The van der Waals surface area contributed by atoms with Crippen molar-refractivity contribution in [1.82, 2.24) is 15.5 Å². The van der Waals surface area contributed by atoms with Crippen LogP contribution in [0.2, 0.25) is 0 Å². The van der Waals surface area contributed by atoms with Crippen LogP contribution < -0.4 is 10.6 Å². The van der Waals surface area contributed by atoms with Crippen molar-refractivity contribution in [3.63, 3.8) is 0 Å². The number of rotatable bonds is 6. The molecule has 0 aromatic rings. The monoisotopic (exact) mass is 484 g/mol. The molecule has 0 spiro atoms. The third kappa shape index (κ3) is 7.42. The fourth-order valence-electron chi connectivity index (χ4n) is 3.47. The van der Waals surface area contributed by atoms with Crippen molar-refractivity contribution in [3.05, 3.63) is 0 Å². The van der Waals surface area contributed by atoms with Gasteiger partial charge in [-0.3, -0.25) is 4.99 Å². The Kier molecular flexibility index (Phi) is 11.1. The van der Waals surface area contributed by atoms with Crippen molar-refractivity contribution in [2.75, 3.05) is 45.6 Å². The number of nitrogens with zero attached hydrogens (tertiary/aromatic N) is 2. The first-order chi connectivity index (χ1) is 11.6. The number of aliphatic imine (C=N–C) groups is 1. The molecule has 0 unspecified atom stereocenters. The lowest BCUT2D eigenvalue weighted by atomic mass is 9.99. The second-order valence-electron chi connectivity index (χ2n) is 7.24. The summed E-state index contributed by atoms with van der Waals surface area (Å²) in [5.74, 6) is 0.986. The lowest BCUT2D eigenvalue weighted by Gasteiger charge is -2.36. The van der Waals surface area contributed by atoms with Crippen LogP contribution in [0, 0.1) is 0 Å². The molecule has 2 rings (SSSR count). The van der Waals surface area contributed by atoms with Crippen LogP contribution in [0.25, 0.3) is 0 Å². The summed E-state index contributed by atoms with van der Waals surface area (Å²) in [7, 11) is 0. The largest absolute Gasteiger partial charge is 0.381 e. The minimum absolute atomic E-state index is 0. The number of thioether (sulfide) groups is 1. The van der Waals surface area contributed by atoms with E-state index in [-0.39, 0.29) is 28.7 Å². The quantitative estimate of drug-likeness (QED) is 0.345. The highest BCUT2D eigenvalue weighted by Crippen LogP contribution is 2.34. The molecular formula is C18H37IN4OS. The molecule has 2 aliphatic rings. The maximum Gasteiger partial charge on any atom is 0.191 e. The molecule has 148 valence electrons. The summed E-state index contributed by atoms with van der Waals surface area (Å²) in [6.45, 7) is 12.6. The van der Waals surface area contributed by atoms with E-state index in [4.69, 9.17) is 9.73 Å². The van der Waals surface area contributed by atoms with Gasteiger partial charge in [-0.2, -0.15) is 11.8 Å². The van der Waals surface area contributed by atoms with Crippen molar-refractivity contribution in [1.29, 1.82) is 0 Å². The molecule has 2 N–H and O–H groups in total. The molecule has 7 heteroatoms. The van der Waals surface area contributed by atoms with E-state index < -0.39 is 0 Å². The van der Waals surface area contributed by atoms with Gasteiger partial charge in [-0.15, -0.1) is 24.0 Å². The van der Waals surface area contributed by atoms with Crippen LogP contribution in [0.1, 0.15) is 46.5 Å². The fraction of sp³-hybridized carbons (Fsp3) is 0.944. The first-order valence-electron chi connectivity index (χ1n) is 9.50. The highest BCUT2D eigenvalue weighted by atomic mass is 127. The molecule has 25 heavy (non-hydrogen) atoms. The highest BCUT2D eigenvalue weighted by molar-refractivity contribution is 14.0. The number of likely N-dealkylation sites (tertiary alicyclic amines) is 1. The molecule has 0 radical (unpaired) electrons. The van der Waals surface area contributed by atoms with Crippen molar-refractivity contribution in [3.8, 4) is 0 Å². The standard InChI is InChI=1S/C18H36N4OS.HI/c1-5-19-17(20-14-18(24-4)8-12-23-13-9-18)21-16-6-10-22(11-7-16)15(2)3;/h15-16H,5-14H2,1-4H3,(H2,19,20,21);1H. The molecule has 0 atom stereocenters. The Morgan fingerprint density at radius 2 is 1.92 bits per heavy atom. The predicted octanol–water partition coefficient (Wildman–Crippen LogP) is 2.94. The molecule has 5 nitrogen and oxygen atoms in total. The van der Waals surface area contributed by atoms with Gasteiger partial charge in [0.2, 0.25) is 0 Å². The summed E-state index contributed by atoms with van der Waals surface area (Å²) < 4.78 is 5.79. The van der Waals surface area contributed by atoms with Gasteiger partial charge in [-0.25, -0.2) is 0 Å². The lowest BCUT2D eigenvalue weighted by Crippen LogP contribution is -2.50. The van der Waals surface area contributed by atoms with E-state index in [0.717, 1.165) is 45.1 Å². The van der Waals surface area contributed by atoms with Crippen LogP contribution in [0.3, 0.4) is 0 Å². The maximum absolute atomic E-state index is 5.53. The van der Waals surface area contributed by atoms with Gasteiger partial charge in [0, 0.05) is 49.7 Å². The second-order valence-corrected chi connectivity index (χ2v) is 8.52. The minimum Gasteiger partial charge on any atom is -0.381 e. The number of hydrogen-bond donors (Lipinski definition) is 2. The van der Waals surface area contributed by atoms with Gasteiger partial charge in [0.1, 0.15) is 0 Å². The summed E-state index contributed by atoms with van der Waals surface area (Å²) in [5, 5.41) is 7.10. The molecule has 0 aromatic heterocycles. The van der Waals surface area contributed by atoms with Gasteiger partial charge < -0.3 is 20.3 Å². The highest BCUT2D eigenvalue weighted by Gasteiger charge is 2.31. The summed E-state index contributed by atoms with van der Waals surface area (Å²) in [6.07, 6.45) is 6.81. The number of nitrogens with one attached hydrogen (secondary N) is 2. The zero-order valence-electron chi connectivity index (χ0n) is 16.3. The van der Waals surface area contributed by atoms with Gasteiger partial charge in [-0.05, 0) is 52.7 Å². The van der Waals surface area contributed by atoms with E-state index in [2.05, 4.69) is 42.6 Å². The Morgan fingerprint density at radius 3 is 2.44 bits per heavy atom. The Bertz CT molecular complexity index is 395. The summed E-state index contributed by atoms with van der Waals surface area (Å²) in [5.41, 5.74) is 0. The van der Waals surface area contributed by atoms with E-state index in [1.165, 1.54) is 25.9 Å². The van der Waals surface area contributed by atoms with E-state index in [0.29, 0.717) is 12.1 Å².